The number of hydrogen-bond acceptors (Lipinski definition) is 6. The van der Waals surface area contributed by atoms with Crippen LogP contribution in [-0.2, 0) is 4.79 Å². The van der Waals surface area contributed by atoms with Crippen LogP contribution in [0.2, 0.25) is 0 Å². The lowest BCUT2D eigenvalue weighted by Crippen LogP contribution is -2.34. The number of benzene rings is 1. The first-order valence-corrected chi connectivity index (χ1v) is 10.8. The van der Waals surface area contributed by atoms with Gasteiger partial charge in [0.15, 0.2) is 0 Å². The Balaban J connectivity index is 1.63. The lowest BCUT2D eigenvalue weighted by molar-refractivity contribution is -0.122. The molecule has 0 spiro atoms. The molecule has 3 N–H and O–H groups in total. The largest absolute Gasteiger partial charge is 0.369 e. The minimum absolute atomic E-state index is 0.0866. The van der Waals surface area contributed by atoms with Crippen LogP contribution in [0.25, 0.3) is 0 Å². The van der Waals surface area contributed by atoms with Crippen molar-refractivity contribution in [3.8, 4) is 11.8 Å². The number of carbonyl (C=O) groups excluding carboxylic acids is 1. The predicted molar refractivity (Wildman–Crippen MR) is 122 cm³/mol. The second-order valence-corrected chi connectivity index (χ2v) is 8.00. The summed E-state index contributed by atoms with van der Waals surface area (Å²) in [6.45, 7) is 4.76. The molecule has 1 aliphatic carbocycles. The summed E-state index contributed by atoms with van der Waals surface area (Å²) in [6.07, 6.45) is 5.20. The average Bonchev–Trinajstić information content (AvgIpc) is 2.75. The molecule has 0 radical (unpaired) electrons. The molecule has 0 bridgehead atoms. The van der Waals surface area contributed by atoms with Gasteiger partial charge >= 0.3 is 0 Å². The number of rotatable bonds is 9. The van der Waals surface area contributed by atoms with Crippen molar-refractivity contribution in [3.63, 3.8) is 0 Å². The molecule has 1 fully saturated rings. The number of Topliss-reactive ketones (excluding diaryl/α,β-unsaturated/α-hetero) is 1. The highest BCUT2D eigenvalue weighted by molar-refractivity contribution is 5.83. The van der Waals surface area contributed by atoms with Gasteiger partial charge in [-0.2, -0.15) is 4.98 Å². The Morgan fingerprint density at radius 3 is 2.71 bits per heavy atom. The molecule has 0 amide bonds. The van der Waals surface area contributed by atoms with E-state index in [0.717, 1.165) is 31.4 Å². The molecule has 3 rings (SSSR count). The van der Waals surface area contributed by atoms with Crippen molar-refractivity contribution < 1.29 is 9.18 Å². The van der Waals surface area contributed by atoms with Crippen LogP contribution in [0.15, 0.2) is 30.5 Å². The molecule has 7 heteroatoms. The van der Waals surface area contributed by atoms with Gasteiger partial charge in [-0.25, -0.2) is 9.37 Å². The SMILES string of the molecule is CCCNc1nc(Nc2ccc(F)cc2)ncc1C#CC1CC(CC(=O)[C@H](C)NC)C1. The van der Waals surface area contributed by atoms with Gasteiger partial charge in [0, 0.05) is 24.6 Å². The van der Waals surface area contributed by atoms with E-state index in [9.17, 15) is 9.18 Å². The molecule has 1 aromatic carbocycles. The Morgan fingerprint density at radius 1 is 1.29 bits per heavy atom. The van der Waals surface area contributed by atoms with Gasteiger partial charge in [0.2, 0.25) is 5.95 Å². The van der Waals surface area contributed by atoms with Gasteiger partial charge < -0.3 is 16.0 Å². The van der Waals surface area contributed by atoms with Crippen LogP contribution in [0.3, 0.4) is 0 Å². The molecular weight excluding hydrogens is 393 g/mol. The summed E-state index contributed by atoms with van der Waals surface area (Å²) in [6, 6.07) is 5.96. The number of ketones is 1. The van der Waals surface area contributed by atoms with Gasteiger partial charge in [0.25, 0.3) is 0 Å². The van der Waals surface area contributed by atoms with Crippen LogP contribution < -0.4 is 16.0 Å². The molecule has 0 saturated heterocycles. The number of nitrogens with one attached hydrogen (secondary N) is 3. The summed E-state index contributed by atoms with van der Waals surface area (Å²) in [4.78, 5) is 21.0. The zero-order valence-electron chi connectivity index (χ0n) is 18.3. The third-order valence-corrected chi connectivity index (χ3v) is 5.48. The molecule has 164 valence electrons. The molecule has 1 heterocycles. The van der Waals surface area contributed by atoms with E-state index in [-0.39, 0.29) is 17.6 Å². The first-order chi connectivity index (χ1) is 15.0. The summed E-state index contributed by atoms with van der Waals surface area (Å²) in [5, 5.41) is 9.39. The third kappa shape index (κ3) is 6.50. The fourth-order valence-corrected chi connectivity index (χ4v) is 3.40. The second-order valence-electron chi connectivity index (χ2n) is 8.00. The number of nitrogens with zero attached hydrogens (tertiary/aromatic N) is 2. The molecular formula is C24H30FN5O. The van der Waals surface area contributed by atoms with Crippen LogP contribution in [0.5, 0.6) is 0 Å². The number of carbonyl (C=O) groups is 1. The number of aromatic nitrogens is 2. The van der Waals surface area contributed by atoms with E-state index < -0.39 is 0 Å². The number of anilines is 3. The molecule has 0 aliphatic heterocycles. The molecule has 1 aliphatic rings. The highest BCUT2D eigenvalue weighted by atomic mass is 19.1. The maximum absolute atomic E-state index is 13.1. The Morgan fingerprint density at radius 2 is 2.03 bits per heavy atom. The molecule has 1 saturated carbocycles. The van der Waals surface area contributed by atoms with Crippen molar-refractivity contribution >= 4 is 23.2 Å². The van der Waals surface area contributed by atoms with Crippen LogP contribution in [-0.4, -0.2) is 35.4 Å². The van der Waals surface area contributed by atoms with Crippen LogP contribution in [0, 0.1) is 29.5 Å². The molecule has 2 aromatic rings. The molecule has 6 nitrogen and oxygen atoms in total. The van der Waals surface area contributed by atoms with Crippen molar-refractivity contribution in [2.45, 2.75) is 45.6 Å². The fraction of sp³-hybridized carbons (Fsp3) is 0.458. The normalized spacial score (nSPS) is 18.3. The Kier molecular flexibility index (Phi) is 7.96. The quantitative estimate of drug-likeness (QED) is 0.527. The predicted octanol–water partition coefficient (Wildman–Crippen LogP) is 4.13. The first-order valence-electron chi connectivity index (χ1n) is 10.8. The molecule has 1 atom stereocenters. The summed E-state index contributed by atoms with van der Waals surface area (Å²) < 4.78 is 13.1. The first kappa shape index (κ1) is 22.7. The van der Waals surface area contributed by atoms with Crippen LogP contribution >= 0.6 is 0 Å². The van der Waals surface area contributed by atoms with Gasteiger partial charge in [-0.05, 0) is 63.4 Å². The number of halogens is 1. The van der Waals surface area contributed by atoms with E-state index in [4.69, 9.17) is 0 Å². The van der Waals surface area contributed by atoms with E-state index >= 15 is 0 Å². The lowest BCUT2D eigenvalue weighted by Gasteiger charge is -2.32. The maximum Gasteiger partial charge on any atom is 0.229 e. The summed E-state index contributed by atoms with van der Waals surface area (Å²) in [5.41, 5.74) is 1.46. The number of hydrogen-bond donors (Lipinski definition) is 3. The Bertz CT molecular complexity index is 945. The number of likely N-dealkylation sites (N-methyl/N-ethyl adjacent to an activating group) is 1. The Hall–Kier alpha value is -2.98. The van der Waals surface area contributed by atoms with Crippen LogP contribution in [0.1, 0.15) is 45.1 Å². The van der Waals surface area contributed by atoms with Gasteiger partial charge in [-0.1, -0.05) is 18.8 Å². The standard InChI is InChI=1S/C24H30FN5O/c1-4-11-27-23-19(6-5-17-12-18(13-17)14-22(31)16(2)26-3)15-28-24(30-23)29-21-9-7-20(25)8-10-21/h7-10,15-18,26H,4,11-14H2,1-3H3,(H2,27,28,29,30)/t16-,17?,18?/m0/s1. The van der Waals surface area contributed by atoms with Crippen molar-refractivity contribution in [3.05, 3.63) is 41.8 Å². The van der Waals surface area contributed by atoms with Crippen LogP contribution in [0.4, 0.5) is 21.8 Å². The van der Waals surface area contributed by atoms with E-state index in [1.54, 1.807) is 18.3 Å². The highest BCUT2D eigenvalue weighted by Gasteiger charge is 2.30. The zero-order chi connectivity index (χ0) is 22.2. The highest BCUT2D eigenvalue weighted by Crippen LogP contribution is 2.36. The van der Waals surface area contributed by atoms with Crippen molar-refractivity contribution in [2.75, 3.05) is 24.2 Å². The van der Waals surface area contributed by atoms with Crippen molar-refractivity contribution in [1.82, 2.24) is 15.3 Å². The lowest BCUT2D eigenvalue weighted by atomic mass is 9.72. The van der Waals surface area contributed by atoms with Gasteiger partial charge in [0.05, 0.1) is 17.8 Å². The summed E-state index contributed by atoms with van der Waals surface area (Å²) >= 11 is 0. The average molecular weight is 424 g/mol. The monoisotopic (exact) mass is 423 g/mol. The molecule has 0 unspecified atom stereocenters. The van der Waals surface area contributed by atoms with E-state index in [1.807, 2.05) is 14.0 Å². The van der Waals surface area contributed by atoms with E-state index in [2.05, 4.69) is 44.7 Å². The van der Waals surface area contributed by atoms with E-state index in [0.29, 0.717) is 35.7 Å². The minimum atomic E-state index is -0.290. The Labute approximate surface area is 183 Å². The zero-order valence-corrected chi connectivity index (χ0v) is 18.3. The maximum atomic E-state index is 13.1. The minimum Gasteiger partial charge on any atom is -0.369 e. The van der Waals surface area contributed by atoms with E-state index in [1.165, 1.54) is 12.1 Å². The smallest absolute Gasteiger partial charge is 0.229 e. The summed E-state index contributed by atoms with van der Waals surface area (Å²) in [5.74, 6) is 8.35. The van der Waals surface area contributed by atoms with Crippen molar-refractivity contribution in [2.24, 2.45) is 11.8 Å². The van der Waals surface area contributed by atoms with Gasteiger partial charge in [0.1, 0.15) is 17.4 Å². The van der Waals surface area contributed by atoms with Gasteiger partial charge in [-0.15, -0.1) is 0 Å². The van der Waals surface area contributed by atoms with Gasteiger partial charge in [-0.3, -0.25) is 4.79 Å². The van der Waals surface area contributed by atoms with Crippen molar-refractivity contribution in [1.29, 1.82) is 0 Å². The third-order valence-electron chi connectivity index (χ3n) is 5.48. The fourth-order valence-electron chi connectivity index (χ4n) is 3.40. The summed E-state index contributed by atoms with van der Waals surface area (Å²) in [7, 11) is 1.81. The topological polar surface area (TPSA) is 78.9 Å². The molecule has 1 aromatic heterocycles. The second kappa shape index (κ2) is 10.9. The molecule has 31 heavy (non-hydrogen) atoms.